The topological polar surface area (TPSA) is 87.3 Å². The summed E-state index contributed by atoms with van der Waals surface area (Å²) in [6, 6.07) is 14.7. The van der Waals surface area contributed by atoms with Gasteiger partial charge in [-0.3, -0.25) is 19.6 Å². The summed E-state index contributed by atoms with van der Waals surface area (Å²) in [7, 11) is 1.57. The fourth-order valence-electron chi connectivity index (χ4n) is 3.19. The molecule has 2 amide bonds. The van der Waals surface area contributed by atoms with Gasteiger partial charge in [-0.2, -0.15) is 5.10 Å². The fourth-order valence-corrected chi connectivity index (χ4v) is 3.19. The number of nitrogens with zero attached hydrogens (tertiary/aromatic N) is 2. The number of fused-ring (bicyclic) bond motifs is 1. The molecule has 26 heavy (non-hydrogen) atoms. The van der Waals surface area contributed by atoms with Crippen LogP contribution >= 0.6 is 0 Å². The molecule has 0 bridgehead atoms. The van der Waals surface area contributed by atoms with Gasteiger partial charge in [0.2, 0.25) is 11.8 Å². The molecule has 0 radical (unpaired) electrons. The summed E-state index contributed by atoms with van der Waals surface area (Å²) in [4.78, 5) is 26.6. The zero-order chi connectivity index (χ0) is 18.1. The molecule has 1 aromatic heterocycles. The van der Waals surface area contributed by atoms with Gasteiger partial charge in [-0.25, -0.2) is 0 Å². The number of benzene rings is 2. The maximum atomic E-state index is 12.6. The predicted molar refractivity (Wildman–Crippen MR) is 98.2 cm³/mol. The largest absolute Gasteiger partial charge is 0.497 e. The predicted octanol–water partition coefficient (Wildman–Crippen LogP) is 2.56. The number of aromatic amines is 1. The van der Waals surface area contributed by atoms with E-state index in [1.54, 1.807) is 36.3 Å². The molecule has 7 heteroatoms. The molecular formula is C19H18N4O3. The van der Waals surface area contributed by atoms with Gasteiger partial charge in [-0.15, -0.1) is 0 Å². The Morgan fingerprint density at radius 2 is 2.12 bits per heavy atom. The van der Waals surface area contributed by atoms with Crippen LogP contribution in [0.25, 0.3) is 10.9 Å². The van der Waals surface area contributed by atoms with Crippen molar-refractivity contribution in [2.75, 3.05) is 23.9 Å². The standard InChI is InChI=1S/C19H18N4O3/c1-26-14-6-4-5-13(10-14)20-19(25)12-9-17(24)23(11-12)18-15-7-2-3-8-16(15)21-22-18/h2-8,10,12H,9,11H2,1H3,(H,20,25)(H,21,22). The lowest BCUT2D eigenvalue weighted by Crippen LogP contribution is -2.28. The molecular weight excluding hydrogens is 332 g/mol. The van der Waals surface area contributed by atoms with Gasteiger partial charge in [-0.1, -0.05) is 18.2 Å². The van der Waals surface area contributed by atoms with E-state index in [0.29, 0.717) is 23.8 Å². The molecule has 1 fully saturated rings. The minimum absolute atomic E-state index is 0.104. The van der Waals surface area contributed by atoms with Crippen molar-refractivity contribution in [1.82, 2.24) is 10.2 Å². The van der Waals surface area contributed by atoms with Crippen LogP contribution in [0.2, 0.25) is 0 Å². The lowest BCUT2D eigenvalue weighted by atomic mass is 10.1. The summed E-state index contributed by atoms with van der Waals surface area (Å²) in [5, 5.41) is 10.9. The van der Waals surface area contributed by atoms with Crippen molar-refractivity contribution in [3.8, 4) is 5.75 Å². The molecule has 1 saturated heterocycles. The maximum Gasteiger partial charge on any atom is 0.229 e. The van der Waals surface area contributed by atoms with Crippen LogP contribution < -0.4 is 15.0 Å². The van der Waals surface area contributed by atoms with Crippen LogP contribution in [0.4, 0.5) is 11.5 Å². The normalized spacial score (nSPS) is 16.9. The van der Waals surface area contributed by atoms with Gasteiger partial charge in [0.25, 0.3) is 0 Å². The second-order valence-electron chi connectivity index (χ2n) is 6.22. The molecule has 1 aliphatic rings. The second kappa shape index (κ2) is 6.51. The number of H-pyrrole nitrogens is 1. The van der Waals surface area contributed by atoms with E-state index in [1.807, 2.05) is 24.3 Å². The van der Waals surface area contributed by atoms with E-state index in [4.69, 9.17) is 4.74 Å². The summed E-state index contributed by atoms with van der Waals surface area (Å²) in [6.45, 7) is 0.309. The number of anilines is 2. The van der Waals surface area contributed by atoms with Crippen molar-refractivity contribution < 1.29 is 14.3 Å². The highest BCUT2D eigenvalue weighted by Crippen LogP contribution is 2.30. The van der Waals surface area contributed by atoms with Crippen LogP contribution in [0, 0.1) is 5.92 Å². The second-order valence-corrected chi connectivity index (χ2v) is 6.22. The Morgan fingerprint density at radius 3 is 2.96 bits per heavy atom. The van der Waals surface area contributed by atoms with E-state index >= 15 is 0 Å². The van der Waals surface area contributed by atoms with Gasteiger partial charge in [-0.05, 0) is 24.3 Å². The summed E-state index contributed by atoms with van der Waals surface area (Å²) in [5.74, 6) is 0.517. The molecule has 1 atom stereocenters. The van der Waals surface area contributed by atoms with Gasteiger partial charge in [0, 0.05) is 30.1 Å². The fraction of sp³-hybridized carbons (Fsp3) is 0.211. The summed E-state index contributed by atoms with van der Waals surface area (Å²) >= 11 is 0. The van der Waals surface area contributed by atoms with Crippen molar-refractivity contribution in [2.45, 2.75) is 6.42 Å². The van der Waals surface area contributed by atoms with Crippen molar-refractivity contribution in [2.24, 2.45) is 5.92 Å². The highest BCUT2D eigenvalue weighted by atomic mass is 16.5. The molecule has 0 saturated carbocycles. The number of amides is 2. The molecule has 2 heterocycles. The van der Waals surface area contributed by atoms with Crippen molar-refractivity contribution in [3.05, 3.63) is 48.5 Å². The Bertz CT molecular complexity index is 982. The third-order valence-electron chi connectivity index (χ3n) is 4.54. The number of rotatable bonds is 4. The third-order valence-corrected chi connectivity index (χ3v) is 4.54. The van der Waals surface area contributed by atoms with E-state index in [0.717, 1.165) is 10.9 Å². The minimum atomic E-state index is -0.427. The van der Waals surface area contributed by atoms with Crippen LogP contribution in [0.5, 0.6) is 5.75 Å². The monoisotopic (exact) mass is 350 g/mol. The Hall–Kier alpha value is -3.35. The average Bonchev–Trinajstić information content (AvgIpc) is 3.25. The Morgan fingerprint density at radius 1 is 1.27 bits per heavy atom. The number of hydrogen-bond acceptors (Lipinski definition) is 4. The van der Waals surface area contributed by atoms with E-state index in [9.17, 15) is 9.59 Å². The van der Waals surface area contributed by atoms with E-state index < -0.39 is 5.92 Å². The van der Waals surface area contributed by atoms with E-state index in [1.165, 1.54) is 0 Å². The molecule has 7 nitrogen and oxygen atoms in total. The molecule has 1 unspecified atom stereocenters. The van der Waals surface area contributed by atoms with Gasteiger partial charge >= 0.3 is 0 Å². The number of ether oxygens (including phenoxy) is 1. The molecule has 0 aliphatic carbocycles. The first kappa shape index (κ1) is 16.1. The lowest BCUT2D eigenvalue weighted by molar-refractivity contribution is -0.122. The molecule has 0 spiro atoms. The number of methoxy groups -OCH3 is 1. The molecule has 1 aliphatic heterocycles. The van der Waals surface area contributed by atoms with Crippen molar-refractivity contribution >= 4 is 34.2 Å². The van der Waals surface area contributed by atoms with Crippen molar-refractivity contribution in [1.29, 1.82) is 0 Å². The average molecular weight is 350 g/mol. The molecule has 2 aromatic carbocycles. The van der Waals surface area contributed by atoms with E-state index in [2.05, 4.69) is 15.5 Å². The first-order valence-electron chi connectivity index (χ1n) is 8.34. The van der Waals surface area contributed by atoms with Crippen LogP contribution in [-0.2, 0) is 9.59 Å². The Labute approximate surface area is 149 Å². The van der Waals surface area contributed by atoms with Crippen LogP contribution in [0.1, 0.15) is 6.42 Å². The van der Waals surface area contributed by atoms with Crippen molar-refractivity contribution in [3.63, 3.8) is 0 Å². The zero-order valence-corrected chi connectivity index (χ0v) is 14.2. The summed E-state index contributed by atoms with van der Waals surface area (Å²) < 4.78 is 5.16. The molecule has 3 aromatic rings. The number of nitrogens with one attached hydrogen (secondary N) is 2. The van der Waals surface area contributed by atoms with Crippen LogP contribution in [0.3, 0.4) is 0 Å². The summed E-state index contributed by atoms with van der Waals surface area (Å²) in [5.41, 5.74) is 1.50. The van der Waals surface area contributed by atoms with Crippen LogP contribution in [0.15, 0.2) is 48.5 Å². The maximum absolute atomic E-state index is 12.6. The highest BCUT2D eigenvalue weighted by molar-refractivity contribution is 6.06. The zero-order valence-electron chi connectivity index (χ0n) is 14.2. The highest BCUT2D eigenvalue weighted by Gasteiger charge is 2.36. The molecule has 2 N–H and O–H groups in total. The molecule has 132 valence electrons. The van der Waals surface area contributed by atoms with E-state index in [-0.39, 0.29) is 18.2 Å². The van der Waals surface area contributed by atoms with Gasteiger partial charge in [0.1, 0.15) is 5.75 Å². The lowest BCUT2D eigenvalue weighted by Gasteiger charge is -2.14. The summed E-state index contributed by atoms with van der Waals surface area (Å²) in [6.07, 6.45) is 0.164. The first-order valence-corrected chi connectivity index (χ1v) is 8.34. The first-order chi connectivity index (χ1) is 12.7. The van der Waals surface area contributed by atoms with Gasteiger partial charge < -0.3 is 10.1 Å². The Kier molecular flexibility index (Phi) is 4.04. The SMILES string of the molecule is COc1cccc(NC(=O)C2CC(=O)N(c3n[nH]c4ccccc34)C2)c1. The smallest absolute Gasteiger partial charge is 0.229 e. The third kappa shape index (κ3) is 2.88. The minimum Gasteiger partial charge on any atom is -0.497 e. The molecule has 4 rings (SSSR count). The van der Waals surface area contributed by atoms with Gasteiger partial charge in [0.05, 0.1) is 18.5 Å². The number of carbonyl (C=O) groups excluding carboxylic acids is 2. The van der Waals surface area contributed by atoms with Gasteiger partial charge in [0.15, 0.2) is 5.82 Å². The quantitative estimate of drug-likeness (QED) is 0.757. The number of aromatic nitrogens is 2. The number of para-hydroxylation sites is 1. The van der Waals surface area contributed by atoms with Crippen LogP contribution in [-0.4, -0.2) is 35.7 Å². The number of hydrogen-bond donors (Lipinski definition) is 2. The number of carbonyl (C=O) groups is 2. The Balaban J connectivity index is 1.51.